The first-order valence-electron chi connectivity index (χ1n) is 12.9. The van der Waals surface area contributed by atoms with E-state index in [1.807, 2.05) is 6.92 Å². The number of halogens is 1. The van der Waals surface area contributed by atoms with Gasteiger partial charge in [-0.15, -0.1) is 0 Å². The summed E-state index contributed by atoms with van der Waals surface area (Å²) in [5.41, 5.74) is 2.25. The number of hydrogen-bond acceptors (Lipinski definition) is 8. The van der Waals surface area contributed by atoms with E-state index in [4.69, 9.17) is 5.14 Å². The Hall–Kier alpha value is -4.11. The second kappa shape index (κ2) is 10.9. The maximum Gasteiger partial charge on any atom is 0.308 e. The molecule has 2 unspecified atom stereocenters. The van der Waals surface area contributed by atoms with Crippen LogP contribution in [0.1, 0.15) is 21.9 Å². The lowest BCUT2D eigenvalue weighted by Gasteiger charge is -2.30. The molecule has 0 aliphatic carbocycles. The van der Waals surface area contributed by atoms with Gasteiger partial charge in [0, 0.05) is 16.5 Å². The van der Waals surface area contributed by atoms with Crippen LogP contribution in [0.3, 0.4) is 0 Å². The predicted molar refractivity (Wildman–Crippen MR) is 160 cm³/mol. The molecule has 4 aromatic rings. The van der Waals surface area contributed by atoms with E-state index >= 15 is 0 Å². The number of imide groups is 1. The number of amides is 3. The minimum Gasteiger partial charge on any atom is -0.325 e. The molecule has 1 saturated heterocycles. The number of anilines is 2. The van der Waals surface area contributed by atoms with Crippen LogP contribution < -0.4 is 20.2 Å². The third-order valence-corrected chi connectivity index (χ3v) is 10.9. The number of nitrogens with zero attached hydrogens (tertiary/aromatic N) is 2. The van der Waals surface area contributed by atoms with Gasteiger partial charge in [-0.3, -0.25) is 23.7 Å². The summed E-state index contributed by atoms with van der Waals surface area (Å²) in [7, 11) is -3.91. The number of thiazole rings is 1. The zero-order valence-electron chi connectivity index (χ0n) is 22.4. The summed E-state index contributed by atoms with van der Waals surface area (Å²) in [5.74, 6) is -3.47. The third kappa shape index (κ3) is 5.31. The molecule has 6 rings (SSSR count). The normalized spacial score (nSPS) is 19.7. The van der Waals surface area contributed by atoms with Gasteiger partial charge in [-0.05, 0) is 61.0 Å². The fourth-order valence-corrected chi connectivity index (χ4v) is 8.59. The van der Waals surface area contributed by atoms with Crippen molar-refractivity contribution in [2.75, 3.05) is 10.2 Å². The van der Waals surface area contributed by atoms with Crippen LogP contribution in [0.25, 0.3) is 0 Å². The highest BCUT2D eigenvalue weighted by atomic mass is 32.2. The van der Waals surface area contributed by atoms with Crippen molar-refractivity contribution in [3.05, 3.63) is 104 Å². The van der Waals surface area contributed by atoms with Gasteiger partial charge in [0.2, 0.25) is 27.7 Å². The Bertz CT molecular complexity index is 1940. The Labute approximate surface area is 253 Å². The van der Waals surface area contributed by atoms with Gasteiger partial charge in [-0.25, -0.2) is 22.8 Å². The number of carbonyl (C=O) groups excluding carboxylic acids is 3. The van der Waals surface area contributed by atoms with Crippen LogP contribution in [-0.4, -0.2) is 36.0 Å². The first-order valence-corrected chi connectivity index (χ1v) is 16.2. The molecule has 3 N–H and O–H groups in total. The molecule has 0 radical (unpaired) electrons. The molecule has 0 bridgehead atoms. The number of aryl methyl sites for hydroxylation is 1. The molecule has 10 nitrogen and oxygen atoms in total. The van der Waals surface area contributed by atoms with Crippen LogP contribution >= 0.6 is 23.1 Å². The number of primary sulfonamides is 1. The summed E-state index contributed by atoms with van der Waals surface area (Å²) < 4.78 is 38.2. The molecule has 2 aliphatic heterocycles. The highest BCUT2D eigenvalue weighted by Gasteiger charge is 2.56. The van der Waals surface area contributed by atoms with Crippen LogP contribution in [0.4, 0.5) is 15.8 Å². The van der Waals surface area contributed by atoms with E-state index in [9.17, 15) is 32.0 Å². The smallest absolute Gasteiger partial charge is 0.308 e. The number of nitrogens with two attached hydrogens (primary N) is 1. The van der Waals surface area contributed by atoms with Crippen molar-refractivity contribution in [2.45, 2.75) is 34.6 Å². The SMILES string of the molecule is Cc1ccc(N2C(=O)C3Sc4c(sc(=O)n4CC(=O)Nc4ccc(S(N)(=O)=O)cc4)[C@@H](c4ccc(F)cc4)C3C2=O)cc1. The second-order valence-electron chi connectivity index (χ2n) is 10.2. The van der Waals surface area contributed by atoms with Gasteiger partial charge >= 0.3 is 4.87 Å². The highest BCUT2D eigenvalue weighted by molar-refractivity contribution is 8.00. The van der Waals surface area contributed by atoms with E-state index in [0.717, 1.165) is 33.6 Å². The molecule has 2 aliphatic rings. The van der Waals surface area contributed by atoms with Crippen LogP contribution in [-0.2, 0) is 31.0 Å². The lowest BCUT2D eigenvalue weighted by atomic mass is 9.83. The van der Waals surface area contributed by atoms with Gasteiger partial charge < -0.3 is 5.32 Å². The number of sulfonamides is 1. The van der Waals surface area contributed by atoms with E-state index in [-0.39, 0.29) is 10.6 Å². The van der Waals surface area contributed by atoms with Crippen molar-refractivity contribution in [1.82, 2.24) is 4.57 Å². The summed E-state index contributed by atoms with van der Waals surface area (Å²) >= 11 is 1.95. The van der Waals surface area contributed by atoms with Crippen molar-refractivity contribution in [3.8, 4) is 0 Å². The molecule has 1 fully saturated rings. The van der Waals surface area contributed by atoms with Crippen molar-refractivity contribution >= 4 is 62.2 Å². The average Bonchev–Trinajstić information content (AvgIpc) is 3.40. The molecule has 3 amide bonds. The molecule has 0 spiro atoms. The minimum absolute atomic E-state index is 0.123. The summed E-state index contributed by atoms with van der Waals surface area (Å²) in [6, 6.07) is 17.8. The van der Waals surface area contributed by atoms with Gasteiger partial charge in [0.05, 0.1) is 21.5 Å². The van der Waals surface area contributed by atoms with E-state index in [2.05, 4.69) is 5.32 Å². The van der Waals surface area contributed by atoms with Crippen LogP contribution in [0, 0.1) is 18.7 Å². The van der Waals surface area contributed by atoms with E-state index in [1.165, 1.54) is 53.1 Å². The van der Waals surface area contributed by atoms with Gasteiger partial charge in [0.15, 0.2) is 0 Å². The maximum atomic E-state index is 13.9. The molecule has 220 valence electrons. The zero-order chi connectivity index (χ0) is 30.6. The molecule has 3 heterocycles. The number of fused-ring (bicyclic) bond motifs is 2. The zero-order valence-corrected chi connectivity index (χ0v) is 24.8. The fourth-order valence-electron chi connectivity index (χ4n) is 5.30. The lowest BCUT2D eigenvalue weighted by molar-refractivity contribution is -0.122. The number of thioether (sulfide) groups is 1. The molecule has 43 heavy (non-hydrogen) atoms. The molecule has 3 aromatic carbocycles. The Balaban J connectivity index is 1.36. The maximum absolute atomic E-state index is 13.9. The second-order valence-corrected chi connectivity index (χ2v) is 13.9. The monoisotopic (exact) mass is 638 g/mol. The van der Waals surface area contributed by atoms with Gasteiger partial charge in [0.1, 0.15) is 17.6 Å². The number of benzene rings is 3. The minimum atomic E-state index is -3.91. The number of aromatic nitrogens is 1. The first kappa shape index (κ1) is 29.0. The largest absolute Gasteiger partial charge is 0.325 e. The Kier molecular flexibility index (Phi) is 7.32. The Morgan fingerprint density at radius 1 is 0.953 bits per heavy atom. The van der Waals surface area contributed by atoms with Crippen molar-refractivity contribution in [3.63, 3.8) is 0 Å². The molecule has 0 saturated carbocycles. The number of rotatable bonds is 6. The van der Waals surface area contributed by atoms with Gasteiger partial charge in [-0.1, -0.05) is 52.9 Å². The Morgan fingerprint density at radius 3 is 2.23 bits per heavy atom. The van der Waals surface area contributed by atoms with Gasteiger partial charge in [-0.2, -0.15) is 0 Å². The number of carbonyl (C=O) groups is 3. The molecule has 1 aromatic heterocycles. The highest BCUT2D eigenvalue weighted by Crippen LogP contribution is 2.53. The third-order valence-electron chi connectivity index (χ3n) is 7.34. The topological polar surface area (TPSA) is 149 Å². The van der Waals surface area contributed by atoms with E-state index < -0.39 is 62.1 Å². The van der Waals surface area contributed by atoms with Crippen LogP contribution in [0.5, 0.6) is 0 Å². The predicted octanol–water partition coefficient (Wildman–Crippen LogP) is 3.44. The van der Waals surface area contributed by atoms with Gasteiger partial charge in [0.25, 0.3) is 0 Å². The quantitative estimate of drug-likeness (QED) is 0.308. The van der Waals surface area contributed by atoms with E-state index in [1.54, 1.807) is 24.3 Å². The standard InChI is InChI=1S/C29H23FN4O6S3/c1-15-2-10-19(11-3-15)34-26(36)23-22(16-4-6-17(30)7-5-16)25-28(41-24(23)27(34)37)33(29(38)42-25)14-21(35)32-18-8-12-20(13-9-18)43(31,39)40/h2-13,22-24H,14H2,1H3,(H,32,35)(H2,31,39,40)/t22-,23?,24?/m0/s1. The summed E-state index contributed by atoms with van der Waals surface area (Å²) in [4.78, 5) is 55.0. The van der Waals surface area contributed by atoms with Crippen molar-refractivity contribution in [2.24, 2.45) is 11.1 Å². The summed E-state index contributed by atoms with van der Waals surface area (Å²) in [6.45, 7) is 1.50. The summed E-state index contributed by atoms with van der Waals surface area (Å²) in [6.07, 6.45) is 0. The molecular weight excluding hydrogens is 616 g/mol. The van der Waals surface area contributed by atoms with E-state index in [0.29, 0.717) is 21.2 Å². The average molecular weight is 639 g/mol. The number of nitrogens with one attached hydrogen (secondary N) is 1. The van der Waals surface area contributed by atoms with Crippen molar-refractivity contribution in [1.29, 1.82) is 0 Å². The Morgan fingerprint density at radius 2 is 1.60 bits per heavy atom. The molecule has 14 heteroatoms. The van der Waals surface area contributed by atoms with Crippen molar-refractivity contribution < 1.29 is 27.2 Å². The van der Waals surface area contributed by atoms with Crippen LogP contribution in [0.2, 0.25) is 0 Å². The first-order chi connectivity index (χ1) is 20.4. The molecular formula is C29H23FN4O6S3. The molecule has 3 atom stereocenters. The number of hydrogen-bond donors (Lipinski definition) is 2. The summed E-state index contributed by atoms with van der Waals surface area (Å²) in [5, 5.41) is 7.25. The fraction of sp³-hybridized carbons (Fsp3) is 0.172. The lowest BCUT2D eigenvalue weighted by Crippen LogP contribution is -2.33. The van der Waals surface area contributed by atoms with Crippen LogP contribution in [0.15, 0.2) is 87.5 Å².